The molecule has 0 bridgehead atoms. The number of hydrogen-bond donors (Lipinski definition) is 1. The summed E-state index contributed by atoms with van der Waals surface area (Å²) in [6.07, 6.45) is -5.05. The maximum Gasteiger partial charge on any atom is 0.471 e. The van der Waals surface area contributed by atoms with Gasteiger partial charge < -0.3 is 10.2 Å². The molecule has 6 rings (SSSR count). The molecule has 0 unspecified atom stereocenters. The predicted molar refractivity (Wildman–Crippen MR) is 145 cm³/mol. The molecule has 4 aromatic carbocycles. The number of amides is 1. The summed E-state index contributed by atoms with van der Waals surface area (Å²) in [6, 6.07) is 29.0. The Morgan fingerprint density at radius 2 is 1.05 bits per heavy atom. The third-order valence-corrected chi connectivity index (χ3v) is 6.54. The molecule has 0 fully saturated rings. The third kappa shape index (κ3) is 4.14. The van der Waals surface area contributed by atoms with Crippen molar-refractivity contribution in [3.05, 3.63) is 97.1 Å². The van der Waals surface area contributed by atoms with E-state index < -0.39 is 12.1 Å². The summed E-state index contributed by atoms with van der Waals surface area (Å²) in [5.74, 6) is -1.93. The van der Waals surface area contributed by atoms with Crippen molar-refractivity contribution in [1.29, 1.82) is 0 Å². The van der Waals surface area contributed by atoms with E-state index in [1.807, 2.05) is 48.5 Å². The lowest BCUT2D eigenvalue weighted by molar-refractivity contribution is -0.170. The molecular weight excluding hydrogens is 489 g/mol. The number of alkyl halides is 3. The van der Waals surface area contributed by atoms with Gasteiger partial charge in [-0.25, -0.2) is 9.97 Å². The Morgan fingerprint density at radius 3 is 1.50 bits per heavy atom. The van der Waals surface area contributed by atoms with E-state index in [9.17, 15) is 18.0 Å². The van der Waals surface area contributed by atoms with Gasteiger partial charge in [0.2, 0.25) is 0 Å². The van der Waals surface area contributed by atoms with Crippen molar-refractivity contribution in [1.82, 2.24) is 9.97 Å². The fraction of sp³-hybridized carbons (Fsp3) is 0.100. The van der Waals surface area contributed by atoms with Crippen molar-refractivity contribution in [3.8, 4) is 0 Å². The number of fused-ring (bicyclic) bond motifs is 4. The lowest BCUT2D eigenvalue weighted by Crippen LogP contribution is -2.43. The van der Waals surface area contributed by atoms with Gasteiger partial charge in [0.05, 0.1) is 33.4 Å². The van der Waals surface area contributed by atoms with Gasteiger partial charge in [0.1, 0.15) is 0 Å². The lowest BCUT2D eigenvalue weighted by atomic mass is 10.1. The van der Waals surface area contributed by atoms with Crippen LogP contribution in [0.4, 0.5) is 24.5 Å². The number of carbonyl (C=O) groups is 1. The molecule has 6 aromatic rings. The summed E-state index contributed by atoms with van der Waals surface area (Å²) in [5.41, 5.74) is 3.52. The van der Waals surface area contributed by atoms with Crippen LogP contribution in [0.3, 0.4) is 0 Å². The largest absolute Gasteiger partial charge is 0.471 e. The van der Waals surface area contributed by atoms with Crippen LogP contribution in [-0.2, 0) is 4.79 Å². The van der Waals surface area contributed by atoms with Crippen LogP contribution in [0.15, 0.2) is 97.1 Å². The van der Waals surface area contributed by atoms with E-state index >= 15 is 0 Å². The van der Waals surface area contributed by atoms with E-state index in [0.717, 1.165) is 32.4 Å². The first-order valence-electron chi connectivity index (χ1n) is 12.1. The highest BCUT2D eigenvalue weighted by molar-refractivity contribution is 6.14. The summed E-state index contributed by atoms with van der Waals surface area (Å²) in [7, 11) is 0. The molecule has 0 spiro atoms. The normalized spacial score (nSPS) is 11.9. The van der Waals surface area contributed by atoms with Gasteiger partial charge >= 0.3 is 12.1 Å². The van der Waals surface area contributed by atoms with E-state index in [-0.39, 0.29) is 18.8 Å². The Morgan fingerprint density at radius 1 is 0.658 bits per heavy atom. The second-order valence-corrected chi connectivity index (χ2v) is 8.90. The van der Waals surface area contributed by atoms with Gasteiger partial charge in [-0.15, -0.1) is 0 Å². The Kier molecular flexibility index (Phi) is 5.79. The molecule has 2 aromatic heterocycles. The highest BCUT2D eigenvalue weighted by atomic mass is 19.4. The molecule has 1 amide bonds. The summed E-state index contributed by atoms with van der Waals surface area (Å²) in [6.45, 7) is -0.147. The molecule has 38 heavy (non-hydrogen) atoms. The summed E-state index contributed by atoms with van der Waals surface area (Å²) in [5, 5.41) is 5.96. The topological polar surface area (TPSA) is 58.1 Å². The summed E-state index contributed by atoms with van der Waals surface area (Å²) >= 11 is 0. The van der Waals surface area contributed by atoms with Crippen molar-refractivity contribution >= 4 is 60.9 Å². The van der Waals surface area contributed by atoms with E-state index in [0.29, 0.717) is 21.8 Å². The summed E-state index contributed by atoms with van der Waals surface area (Å²) in [4.78, 5) is 23.0. The Labute approximate surface area is 215 Å². The summed E-state index contributed by atoms with van der Waals surface area (Å²) < 4.78 is 41.7. The number of pyridine rings is 2. The molecule has 0 radical (unpaired) electrons. The minimum absolute atomic E-state index is 0.0742. The van der Waals surface area contributed by atoms with Gasteiger partial charge in [-0.1, -0.05) is 72.8 Å². The second-order valence-electron chi connectivity index (χ2n) is 8.90. The molecule has 5 nitrogen and oxygen atoms in total. The maximum atomic E-state index is 13.9. The highest BCUT2D eigenvalue weighted by Crippen LogP contribution is 2.36. The Balaban J connectivity index is 1.45. The first-order chi connectivity index (χ1) is 18.4. The predicted octanol–water partition coefficient (Wildman–Crippen LogP) is 7.10. The number of halogens is 3. The fourth-order valence-corrected chi connectivity index (χ4v) is 4.90. The number of nitrogens with zero attached hydrogens (tertiary/aromatic N) is 3. The van der Waals surface area contributed by atoms with E-state index in [1.165, 1.54) is 0 Å². The first-order valence-corrected chi connectivity index (χ1v) is 12.1. The zero-order chi connectivity index (χ0) is 26.3. The molecule has 0 aliphatic heterocycles. The molecule has 0 saturated heterocycles. The van der Waals surface area contributed by atoms with Gasteiger partial charge in [0, 0.05) is 34.6 Å². The van der Waals surface area contributed by atoms with Gasteiger partial charge in [-0.3, -0.25) is 4.79 Å². The standard InChI is InChI=1S/C30H21F3N4O/c31-30(32,33)29(38)37(28-21-11-3-7-15-25(21)36-26-16-8-4-12-22(26)28)18-17-34-27-19-9-1-5-13-23(19)35-24-14-6-2-10-20(24)27/h1-16H,17-18H2,(H,34,35). The third-order valence-electron chi connectivity index (χ3n) is 6.54. The molecule has 1 N–H and O–H groups in total. The monoisotopic (exact) mass is 510 g/mol. The number of hydrogen-bond acceptors (Lipinski definition) is 4. The lowest BCUT2D eigenvalue weighted by Gasteiger charge is -2.27. The van der Waals surface area contributed by atoms with E-state index in [4.69, 9.17) is 4.98 Å². The number of rotatable bonds is 5. The van der Waals surface area contributed by atoms with Gasteiger partial charge in [-0.05, 0) is 24.3 Å². The molecule has 2 heterocycles. The van der Waals surface area contributed by atoms with Crippen molar-refractivity contribution in [2.75, 3.05) is 23.3 Å². The number of aromatic nitrogens is 2. The molecule has 188 valence electrons. The molecule has 0 aliphatic rings. The molecular formula is C30H21F3N4O. The first kappa shape index (κ1) is 23.7. The van der Waals surface area contributed by atoms with Crippen LogP contribution in [0.5, 0.6) is 0 Å². The number of benzene rings is 4. The van der Waals surface area contributed by atoms with Gasteiger partial charge in [0.15, 0.2) is 0 Å². The van der Waals surface area contributed by atoms with Gasteiger partial charge in [-0.2, -0.15) is 13.2 Å². The van der Waals surface area contributed by atoms with Crippen LogP contribution in [0, 0.1) is 0 Å². The van der Waals surface area contributed by atoms with Crippen molar-refractivity contribution in [2.24, 2.45) is 0 Å². The van der Waals surface area contributed by atoms with Crippen molar-refractivity contribution in [3.63, 3.8) is 0 Å². The Bertz CT molecular complexity index is 1730. The Hall–Kier alpha value is -4.72. The number of anilines is 2. The SMILES string of the molecule is O=C(N(CCNc1c2ccccc2nc2ccccc12)c1c2ccccc2nc2ccccc12)C(F)(F)F. The number of carbonyl (C=O) groups excluding carboxylic acids is 1. The second kappa shape index (κ2) is 9.30. The van der Waals surface area contributed by atoms with Crippen LogP contribution >= 0.6 is 0 Å². The number of para-hydroxylation sites is 4. The van der Waals surface area contributed by atoms with Crippen LogP contribution in [0.1, 0.15) is 0 Å². The van der Waals surface area contributed by atoms with E-state index in [2.05, 4.69) is 10.3 Å². The van der Waals surface area contributed by atoms with Crippen LogP contribution in [-0.4, -0.2) is 35.1 Å². The minimum Gasteiger partial charge on any atom is -0.382 e. The van der Waals surface area contributed by atoms with E-state index in [1.54, 1.807) is 48.5 Å². The van der Waals surface area contributed by atoms with Gasteiger partial charge in [0.25, 0.3) is 0 Å². The van der Waals surface area contributed by atoms with Crippen LogP contribution in [0.2, 0.25) is 0 Å². The zero-order valence-corrected chi connectivity index (χ0v) is 20.0. The number of nitrogens with one attached hydrogen (secondary N) is 1. The van der Waals surface area contributed by atoms with Crippen LogP contribution in [0.25, 0.3) is 43.6 Å². The minimum atomic E-state index is -5.05. The smallest absolute Gasteiger partial charge is 0.382 e. The van der Waals surface area contributed by atoms with Crippen LogP contribution < -0.4 is 10.2 Å². The quantitative estimate of drug-likeness (QED) is 0.252. The fourth-order valence-electron chi connectivity index (χ4n) is 4.90. The van der Waals surface area contributed by atoms with Crippen molar-refractivity contribution in [2.45, 2.75) is 6.18 Å². The average molecular weight is 511 g/mol. The molecule has 0 aliphatic carbocycles. The molecule has 0 atom stereocenters. The molecule has 0 saturated carbocycles. The molecule has 8 heteroatoms. The maximum absolute atomic E-state index is 13.9. The zero-order valence-electron chi connectivity index (χ0n) is 20.0. The average Bonchev–Trinajstić information content (AvgIpc) is 2.93. The highest BCUT2D eigenvalue weighted by Gasteiger charge is 2.43. The van der Waals surface area contributed by atoms with Crippen molar-refractivity contribution < 1.29 is 18.0 Å².